The van der Waals surface area contributed by atoms with Gasteiger partial charge in [-0.3, -0.25) is 4.79 Å². The number of Topliss-reactive ketones (excluding diaryl/α,β-unsaturated/α-hetero) is 1. The SMILES string of the molecule is Cc1ccc(/C=C/C#CC(=O)c2ccc(C)cc2)cc1. The van der Waals surface area contributed by atoms with Gasteiger partial charge in [0.05, 0.1) is 0 Å². The van der Waals surface area contributed by atoms with Gasteiger partial charge in [-0.05, 0) is 37.5 Å². The van der Waals surface area contributed by atoms with Crippen molar-refractivity contribution in [2.45, 2.75) is 13.8 Å². The van der Waals surface area contributed by atoms with Gasteiger partial charge in [0.1, 0.15) is 0 Å². The minimum absolute atomic E-state index is 0.154. The van der Waals surface area contributed by atoms with Crippen molar-refractivity contribution < 1.29 is 4.79 Å². The Morgan fingerprint density at radius 2 is 1.45 bits per heavy atom. The van der Waals surface area contributed by atoms with Gasteiger partial charge in [-0.2, -0.15) is 0 Å². The lowest BCUT2D eigenvalue weighted by molar-refractivity contribution is 0.105. The highest BCUT2D eigenvalue weighted by Crippen LogP contribution is 2.05. The summed E-state index contributed by atoms with van der Waals surface area (Å²) in [6.45, 7) is 4.04. The van der Waals surface area contributed by atoms with Crippen LogP contribution >= 0.6 is 0 Å². The van der Waals surface area contributed by atoms with Crippen LogP contribution in [0.25, 0.3) is 6.08 Å². The molecule has 1 nitrogen and oxygen atoms in total. The van der Waals surface area contributed by atoms with E-state index in [0.717, 1.165) is 11.1 Å². The largest absolute Gasteiger partial charge is 0.279 e. The number of aryl methyl sites for hydroxylation is 2. The number of rotatable bonds is 2. The number of allylic oxidation sites excluding steroid dienone is 1. The zero-order valence-corrected chi connectivity index (χ0v) is 11.7. The number of benzene rings is 2. The number of carbonyl (C=O) groups excluding carboxylic acids is 1. The van der Waals surface area contributed by atoms with Gasteiger partial charge in [-0.25, -0.2) is 0 Å². The van der Waals surface area contributed by atoms with Crippen molar-refractivity contribution in [2.24, 2.45) is 0 Å². The van der Waals surface area contributed by atoms with Crippen LogP contribution in [0.15, 0.2) is 54.6 Å². The first-order chi connectivity index (χ1) is 9.65. The fourth-order valence-electron chi connectivity index (χ4n) is 1.70. The number of ketones is 1. The standard InChI is InChI=1S/C19H16O/c1-15-7-11-17(12-8-15)5-3-4-6-19(20)18-13-9-16(2)10-14-18/h3,5,7-14H,1-2H3/b5-3+. The molecule has 0 saturated heterocycles. The van der Waals surface area contributed by atoms with Gasteiger partial charge in [-0.1, -0.05) is 65.6 Å². The molecule has 1 heteroatoms. The van der Waals surface area contributed by atoms with Crippen molar-refractivity contribution in [3.8, 4) is 11.8 Å². The summed E-state index contributed by atoms with van der Waals surface area (Å²) in [5, 5.41) is 0. The summed E-state index contributed by atoms with van der Waals surface area (Å²) in [5.41, 5.74) is 4.07. The van der Waals surface area contributed by atoms with Crippen molar-refractivity contribution in [3.05, 3.63) is 76.9 Å². The summed E-state index contributed by atoms with van der Waals surface area (Å²) in [5.74, 6) is 5.25. The first kappa shape index (κ1) is 13.8. The highest BCUT2D eigenvalue weighted by Gasteiger charge is 1.99. The van der Waals surface area contributed by atoms with Crippen molar-refractivity contribution in [1.82, 2.24) is 0 Å². The monoisotopic (exact) mass is 260 g/mol. The van der Waals surface area contributed by atoms with Gasteiger partial charge >= 0.3 is 0 Å². The van der Waals surface area contributed by atoms with Gasteiger partial charge in [0.25, 0.3) is 0 Å². The fourth-order valence-corrected chi connectivity index (χ4v) is 1.70. The third-order valence-corrected chi connectivity index (χ3v) is 2.94. The fraction of sp³-hybridized carbons (Fsp3) is 0.105. The van der Waals surface area contributed by atoms with Crippen LogP contribution in [-0.4, -0.2) is 5.78 Å². The molecule has 2 rings (SSSR count). The average molecular weight is 260 g/mol. The molecule has 0 radical (unpaired) electrons. The van der Waals surface area contributed by atoms with Crippen molar-refractivity contribution in [1.29, 1.82) is 0 Å². The second kappa shape index (κ2) is 6.54. The van der Waals surface area contributed by atoms with E-state index in [1.807, 2.05) is 56.3 Å². The lowest BCUT2D eigenvalue weighted by Crippen LogP contribution is -1.93. The van der Waals surface area contributed by atoms with Gasteiger partial charge in [0.2, 0.25) is 5.78 Å². The van der Waals surface area contributed by atoms with Crippen LogP contribution < -0.4 is 0 Å². The maximum atomic E-state index is 11.8. The van der Waals surface area contributed by atoms with Crippen LogP contribution in [-0.2, 0) is 0 Å². The second-order valence-corrected chi connectivity index (χ2v) is 4.71. The molecule has 0 aliphatic rings. The van der Waals surface area contributed by atoms with Gasteiger partial charge in [0, 0.05) is 5.56 Å². The summed E-state index contributed by atoms with van der Waals surface area (Å²) < 4.78 is 0. The Labute approximate surface area is 120 Å². The van der Waals surface area contributed by atoms with E-state index in [1.165, 1.54) is 5.56 Å². The van der Waals surface area contributed by atoms with E-state index in [0.29, 0.717) is 5.56 Å². The van der Waals surface area contributed by atoms with Gasteiger partial charge in [0.15, 0.2) is 0 Å². The summed E-state index contributed by atoms with van der Waals surface area (Å²) >= 11 is 0. The summed E-state index contributed by atoms with van der Waals surface area (Å²) in [4.78, 5) is 11.8. The highest BCUT2D eigenvalue weighted by atomic mass is 16.1. The van der Waals surface area contributed by atoms with Crippen molar-refractivity contribution in [2.75, 3.05) is 0 Å². The topological polar surface area (TPSA) is 17.1 Å². The molecule has 0 bridgehead atoms. The average Bonchev–Trinajstić information content (AvgIpc) is 2.46. The molecule has 0 aliphatic carbocycles. The van der Waals surface area contributed by atoms with Crippen LogP contribution in [0.5, 0.6) is 0 Å². The molecule has 0 unspecified atom stereocenters. The van der Waals surface area contributed by atoms with Crippen LogP contribution in [0, 0.1) is 25.7 Å². The normalized spacial score (nSPS) is 10.1. The van der Waals surface area contributed by atoms with E-state index in [-0.39, 0.29) is 5.78 Å². The van der Waals surface area contributed by atoms with Crippen LogP contribution in [0.3, 0.4) is 0 Å². The first-order valence-corrected chi connectivity index (χ1v) is 6.51. The molecular weight excluding hydrogens is 244 g/mol. The molecule has 20 heavy (non-hydrogen) atoms. The molecule has 2 aromatic rings. The number of hydrogen-bond donors (Lipinski definition) is 0. The highest BCUT2D eigenvalue weighted by molar-refractivity contribution is 6.09. The Bertz CT molecular complexity index is 677. The third kappa shape index (κ3) is 3.96. The number of carbonyl (C=O) groups is 1. The Hall–Kier alpha value is -2.59. The van der Waals surface area contributed by atoms with Crippen LogP contribution in [0.4, 0.5) is 0 Å². The van der Waals surface area contributed by atoms with E-state index in [9.17, 15) is 4.79 Å². The van der Waals surface area contributed by atoms with Crippen LogP contribution in [0.1, 0.15) is 27.0 Å². The third-order valence-electron chi connectivity index (χ3n) is 2.94. The smallest absolute Gasteiger partial charge is 0.236 e. The van der Waals surface area contributed by atoms with E-state index < -0.39 is 0 Å². The molecule has 2 aromatic carbocycles. The lowest BCUT2D eigenvalue weighted by Gasteiger charge is -1.94. The van der Waals surface area contributed by atoms with E-state index in [2.05, 4.69) is 11.8 Å². The molecule has 0 aliphatic heterocycles. The van der Waals surface area contributed by atoms with Crippen molar-refractivity contribution >= 4 is 11.9 Å². The Balaban J connectivity index is 2.02. The minimum Gasteiger partial charge on any atom is -0.279 e. The lowest BCUT2D eigenvalue weighted by atomic mass is 10.1. The molecule has 0 N–H and O–H groups in total. The first-order valence-electron chi connectivity index (χ1n) is 6.51. The molecule has 98 valence electrons. The minimum atomic E-state index is -0.154. The molecular formula is C19H16O. The zero-order chi connectivity index (χ0) is 14.4. The molecule has 0 saturated carbocycles. The molecule has 0 aromatic heterocycles. The zero-order valence-electron chi connectivity index (χ0n) is 11.7. The van der Waals surface area contributed by atoms with E-state index >= 15 is 0 Å². The molecule has 0 fully saturated rings. The van der Waals surface area contributed by atoms with Gasteiger partial charge < -0.3 is 0 Å². The predicted octanol–water partition coefficient (Wildman–Crippen LogP) is 4.20. The van der Waals surface area contributed by atoms with Gasteiger partial charge in [-0.15, -0.1) is 0 Å². The Morgan fingerprint density at radius 1 is 0.900 bits per heavy atom. The Morgan fingerprint density at radius 3 is 2.05 bits per heavy atom. The van der Waals surface area contributed by atoms with Crippen LogP contribution in [0.2, 0.25) is 0 Å². The maximum absolute atomic E-state index is 11.8. The number of hydrogen-bond acceptors (Lipinski definition) is 1. The molecule has 0 heterocycles. The van der Waals surface area contributed by atoms with Crippen molar-refractivity contribution in [3.63, 3.8) is 0 Å². The van der Waals surface area contributed by atoms with E-state index in [1.54, 1.807) is 18.2 Å². The second-order valence-electron chi connectivity index (χ2n) is 4.71. The maximum Gasteiger partial charge on any atom is 0.236 e. The summed E-state index contributed by atoms with van der Waals surface area (Å²) in [7, 11) is 0. The molecule has 0 amide bonds. The summed E-state index contributed by atoms with van der Waals surface area (Å²) in [6.07, 6.45) is 3.60. The predicted molar refractivity (Wildman–Crippen MR) is 83.5 cm³/mol. The molecule has 0 spiro atoms. The van der Waals surface area contributed by atoms with E-state index in [4.69, 9.17) is 0 Å². The quantitative estimate of drug-likeness (QED) is 0.449. The Kier molecular flexibility index (Phi) is 4.52. The molecule has 0 atom stereocenters. The summed E-state index contributed by atoms with van der Waals surface area (Å²) in [6, 6.07) is 15.6.